The molecule has 0 amide bonds. The van der Waals surface area contributed by atoms with Crippen molar-refractivity contribution in [1.29, 1.82) is 0 Å². The first-order valence-corrected chi connectivity index (χ1v) is 5.22. The molecule has 16 heavy (non-hydrogen) atoms. The summed E-state index contributed by atoms with van der Waals surface area (Å²) in [6.07, 6.45) is -4.67. The Morgan fingerprint density at radius 2 is 1.81 bits per heavy atom. The molecule has 1 aromatic carbocycles. The Kier molecular flexibility index (Phi) is 3.97. The van der Waals surface area contributed by atoms with Crippen LogP contribution < -0.4 is 0 Å². The molecule has 2 atom stereocenters. The minimum absolute atomic E-state index is 0.157. The first-order chi connectivity index (χ1) is 7.38. The average Bonchev–Trinajstić information content (AvgIpc) is 2.26. The number of halogens is 3. The highest BCUT2D eigenvalue weighted by atomic mass is 19.4. The summed E-state index contributed by atoms with van der Waals surface area (Å²) in [5, 5.41) is 9.60. The van der Waals surface area contributed by atoms with Crippen molar-refractivity contribution >= 4 is 0 Å². The van der Waals surface area contributed by atoms with E-state index in [9.17, 15) is 18.3 Å². The largest absolute Gasteiger partial charge is 0.416 e. The molecule has 0 radical (unpaired) electrons. The third-order valence-corrected chi connectivity index (χ3v) is 2.75. The van der Waals surface area contributed by atoms with Gasteiger partial charge in [-0.2, -0.15) is 13.2 Å². The van der Waals surface area contributed by atoms with E-state index in [0.717, 1.165) is 6.07 Å². The Hall–Kier alpha value is -1.03. The van der Waals surface area contributed by atoms with Crippen LogP contribution in [0.15, 0.2) is 24.3 Å². The van der Waals surface area contributed by atoms with E-state index in [1.165, 1.54) is 12.1 Å². The number of hydrogen-bond donors (Lipinski definition) is 1. The number of alkyl halides is 3. The predicted molar refractivity (Wildman–Crippen MR) is 56.2 cm³/mol. The molecule has 0 aromatic heterocycles. The van der Waals surface area contributed by atoms with Crippen molar-refractivity contribution in [2.24, 2.45) is 0 Å². The molecule has 1 N–H and O–H groups in total. The maximum Gasteiger partial charge on any atom is 0.416 e. The van der Waals surface area contributed by atoms with Crippen LogP contribution in [-0.2, 0) is 6.18 Å². The molecule has 1 aromatic rings. The van der Waals surface area contributed by atoms with E-state index in [1.54, 1.807) is 19.9 Å². The van der Waals surface area contributed by atoms with Crippen LogP contribution in [0.25, 0.3) is 0 Å². The van der Waals surface area contributed by atoms with Crippen LogP contribution >= 0.6 is 0 Å². The van der Waals surface area contributed by atoms with Gasteiger partial charge in [-0.3, -0.25) is 0 Å². The smallest absolute Gasteiger partial charge is 0.393 e. The Labute approximate surface area is 92.9 Å². The lowest BCUT2D eigenvalue weighted by Gasteiger charge is -2.21. The molecule has 0 heterocycles. The molecular formula is C12H15F3O. The molecule has 2 unspecified atom stereocenters. The Balaban J connectivity index is 3.13. The van der Waals surface area contributed by atoms with Crippen molar-refractivity contribution in [3.05, 3.63) is 35.4 Å². The second-order valence-electron chi connectivity index (χ2n) is 3.85. The molecule has 0 saturated heterocycles. The number of hydrogen-bond acceptors (Lipinski definition) is 1. The van der Waals surface area contributed by atoms with Gasteiger partial charge in [0, 0.05) is 5.92 Å². The number of benzene rings is 1. The van der Waals surface area contributed by atoms with Gasteiger partial charge in [-0.05, 0) is 18.1 Å². The van der Waals surface area contributed by atoms with E-state index in [2.05, 4.69) is 0 Å². The summed E-state index contributed by atoms with van der Waals surface area (Å²) in [5.74, 6) is -0.511. The van der Waals surface area contributed by atoms with E-state index < -0.39 is 23.8 Å². The molecule has 1 nitrogen and oxygen atoms in total. The molecule has 0 aliphatic rings. The zero-order chi connectivity index (χ0) is 12.3. The van der Waals surface area contributed by atoms with Crippen LogP contribution in [0.1, 0.15) is 37.3 Å². The van der Waals surface area contributed by atoms with E-state index in [4.69, 9.17) is 0 Å². The van der Waals surface area contributed by atoms with Gasteiger partial charge in [0.2, 0.25) is 0 Å². The van der Waals surface area contributed by atoms with E-state index >= 15 is 0 Å². The van der Waals surface area contributed by atoms with Gasteiger partial charge in [0.1, 0.15) is 0 Å². The number of aliphatic hydroxyl groups is 1. The third kappa shape index (κ3) is 2.76. The molecule has 0 fully saturated rings. The second-order valence-corrected chi connectivity index (χ2v) is 3.85. The molecule has 0 saturated carbocycles. The van der Waals surface area contributed by atoms with Crippen LogP contribution in [0.4, 0.5) is 13.2 Å². The van der Waals surface area contributed by atoms with Gasteiger partial charge in [-0.1, -0.05) is 32.0 Å². The van der Waals surface area contributed by atoms with Crippen molar-refractivity contribution in [2.75, 3.05) is 0 Å². The summed E-state index contributed by atoms with van der Waals surface area (Å²) in [6, 6.07) is 5.39. The van der Waals surface area contributed by atoms with Crippen molar-refractivity contribution < 1.29 is 18.3 Å². The summed E-state index contributed by atoms with van der Waals surface area (Å²) in [4.78, 5) is 0. The highest BCUT2D eigenvalue weighted by molar-refractivity contribution is 5.33. The molecule has 0 aliphatic heterocycles. The molecule has 1 rings (SSSR count). The molecule has 4 heteroatoms. The standard InChI is InChI=1S/C12H15F3O/c1-3-11(16)8(2)9-6-4-5-7-10(9)12(13,14)15/h4-8,11,16H,3H2,1-2H3. The maximum atomic E-state index is 12.7. The summed E-state index contributed by atoms with van der Waals surface area (Å²) in [7, 11) is 0. The summed E-state index contributed by atoms with van der Waals surface area (Å²) in [5.41, 5.74) is -0.501. The molecule has 0 bridgehead atoms. The molecule has 0 spiro atoms. The van der Waals surface area contributed by atoms with E-state index in [-0.39, 0.29) is 5.56 Å². The monoisotopic (exact) mass is 232 g/mol. The zero-order valence-corrected chi connectivity index (χ0v) is 9.25. The first-order valence-electron chi connectivity index (χ1n) is 5.22. The Bertz CT molecular complexity index is 346. The molecule has 90 valence electrons. The lowest BCUT2D eigenvalue weighted by Crippen LogP contribution is -2.19. The second kappa shape index (κ2) is 4.87. The highest BCUT2D eigenvalue weighted by Crippen LogP contribution is 2.36. The van der Waals surface area contributed by atoms with Gasteiger partial charge < -0.3 is 5.11 Å². The van der Waals surface area contributed by atoms with Crippen molar-refractivity contribution in [3.8, 4) is 0 Å². The fraction of sp³-hybridized carbons (Fsp3) is 0.500. The third-order valence-electron chi connectivity index (χ3n) is 2.75. The van der Waals surface area contributed by atoms with Crippen LogP contribution in [0, 0.1) is 0 Å². The maximum absolute atomic E-state index is 12.7. The van der Waals surface area contributed by atoms with Crippen LogP contribution in [0.5, 0.6) is 0 Å². The van der Waals surface area contributed by atoms with Gasteiger partial charge in [0.15, 0.2) is 0 Å². The topological polar surface area (TPSA) is 20.2 Å². The summed E-state index contributed by atoms with van der Waals surface area (Å²) in [6.45, 7) is 3.36. The van der Waals surface area contributed by atoms with E-state index in [1.807, 2.05) is 0 Å². The zero-order valence-electron chi connectivity index (χ0n) is 9.25. The minimum atomic E-state index is -4.36. The lowest BCUT2D eigenvalue weighted by molar-refractivity contribution is -0.138. The van der Waals surface area contributed by atoms with Crippen LogP contribution in [-0.4, -0.2) is 11.2 Å². The number of rotatable bonds is 3. The van der Waals surface area contributed by atoms with Crippen molar-refractivity contribution in [2.45, 2.75) is 38.5 Å². The molecule has 0 aliphatic carbocycles. The Morgan fingerprint density at radius 1 is 1.25 bits per heavy atom. The minimum Gasteiger partial charge on any atom is -0.393 e. The van der Waals surface area contributed by atoms with Gasteiger partial charge >= 0.3 is 6.18 Å². The fourth-order valence-corrected chi connectivity index (χ4v) is 1.71. The van der Waals surface area contributed by atoms with Gasteiger partial charge in [0.25, 0.3) is 0 Å². The quantitative estimate of drug-likeness (QED) is 0.844. The van der Waals surface area contributed by atoms with Crippen LogP contribution in [0.3, 0.4) is 0 Å². The van der Waals surface area contributed by atoms with Crippen LogP contribution in [0.2, 0.25) is 0 Å². The lowest BCUT2D eigenvalue weighted by atomic mass is 9.90. The predicted octanol–water partition coefficient (Wildman–Crippen LogP) is 3.58. The normalized spacial score (nSPS) is 15.9. The van der Waals surface area contributed by atoms with Gasteiger partial charge in [-0.25, -0.2) is 0 Å². The first kappa shape index (κ1) is 13.0. The van der Waals surface area contributed by atoms with Gasteiger partial charge in [-0.15, -0.1) is 0 Å². The molecular weight excluding hydrogens is 217 g/mol. The summed E-state index contributed by atoms with van der Waals surface area (Å²) >= 11 is 0. The number of aliphatic hydroxyl groups excluding tert-OH is 1. The van der Waals surface area contributed by atoms with Crippen molar-refractivity contribution in [1.82, 2.24) is 0 Å². The summed E-state index contributed by atoms with van der Waals surface area (Å²) < 4.78 is 38.1. The van der Waals surface area contributed by atoms with E-state index in [0.29, 0.717) is 6.42 Å². The Morgan fingerprint density at radius 3 is 2.31 bits per heavy atom. The average molecular weight is 232 g/mol. The van der Waals surface area contributed by atoms with Crippen molar-refractivity contribution in [3.63, 3.8) is 0 Å². The van der Waals surface area contributed by atoms with Gasteiger partial charge in [0.05, 0.1) is 11.7 Å². The SMILES string of the molecule is CCC(O)C(C)c1ccccc1C(F)(F)F. The highest BCUT2D eigenvalue weighted by Gasteiger charge is 2.34. The fourth-order valence-electron chi connectivity index (χ4n) is 1.71.